The molecule has 0 radical (unpaired) electrons. The molecule has 3 heteroatoms. The maximum absolute atomic E-state index is 12.2. The Morgan fingerprint density at radius 2 is 1.94 bits per heavy atom. The van der Waals surface area contributed by atoms with Crippen molar-refractivity contribution in [3.63, 3.8) is 0 Å². The van der Waals surface area contributed by atoms with Crippen LogP contribution < -0.4 is 11.1 Å². The molecule has 0 spiro atoms. The lowest BCUT2D eigenvalue weighted by Gasteiger charge is -2.41. The average molecular weight is 238 g/mol. The van der Waals surface area contributed by atoms with Crippen molar-refractivity contribution in [2.45, 2.75) is 64.3 Å². The quantitative estimate of drug-likeness (QED) is 0.789. The van der Waals surface area contributed by atoms with Crippen molar-refractivity contribution in [3.8, 4) is 0 Å². The first-order chi connectivity index (χ1) is 8.18. The highest BCUT2D eigenvalue weighted by Gasteiger charge is 2.43. The predicted molar refractivity (Wildman–Crippen MR) is 69.5 cm³/mol. The van der Waals surface area contributed by atoms with Crippen molar-refractivity contribution in [2.24, 2.45) is 17.1 Å². The molecule has 98 valence electrons. The third-order valence-electron chi connectivity index (χ3n) is 4.90. The Morgan fingerprint density at radius 3 is 2.41 bits per heavy atom. The van der Waals surface area contributed by atoms with E-state index in [0.29, 0.717) is 18.5 Å². The summed E-state index contributed by atoms with van der Waals surface area (Å²) in [6.45, 7) is 2.67. The van der Waals surface area contributed by atoms with E-state index in [-0.39, 0.29) is 11.3 Å². The Bertz CT molecular complexity index is 262. The van der Waals surface area contributed by atoms with Gasteiger partial charge < -0.3 is 11.1 Å². The van der Waals surface area contributed by atoms with E-state index in [2.05, 4.69) is 12.2 Å². The van der Waals surface area contributed by atoms with E-state index in [4.69, 9.17) is 5.73 Å². The monoisotopic (exact) mass is 238 g/mol. The van der Waals surface area contributed by atoms with E-state index in [0.717, 1.165) is 19.3 Å². The molecule has 0 bridgehead atoms. The molecule has 3 nitrogen and oxygen atoms in total. The van der Waals surface area contributed by atoms with Crippen LogP contribution in [0, 0.1) is 11.3 Å². The second kappa shape index (κ2) is 5.38. The van der Waals surface area contributed by atoms with E-state index >= 15 is 0 Å². The largest absolute Gasteiger partial charge is 0.353 e. The van der Waals surface area contributed by atoms with Crippen molar-refractivity contribution in [1.82, 2.24) is 5.32 Å². The Labute approximate surface area is 105 Å². The van der Waals surface area contributed by atoms with Gasteiger partial charge in [-0.1, -0.05) is 25.7 Å². The van der Waals surface area contributed by atoms with Crippen LogP contribution in [0.2, 0.25) is 0 Å². The van der Waals surface area contributed by atoms with Gasteiger partial charge in [0.05, 0.1) is 5.41 Å². The van der Waals surface area contributed by atoms with Crippen LogP contribution in [0.3, 0.4) is 0 Å². The summed E-state index contributed by atoms with van der Waals surface area (Å²) in [6, 6.07) is 0.326. The lowest BCUT2D eigenvalue weighted by molar-refractivity contribution is -0.136. The summed E-state index contributed by atoms with van der Waals surface area (Å²) in [4.78, 5) is 12.2. The maximum atomic E-state index is 12.2. The molecule has 0 aromatic rings. The molecule has 17 heavy (non-hydrogen) atoms. The highest BCUT2D eigenvalue weighted by molar-refractivity contribution is 5.84. The topological polar surface area (TPSA) is 55.1 Å². The summed E-state index contributed by atoms with van der Waals surface area (Å²) in [5.41, 5.74) is 5.54. The number of rotatable bonds is 4. The second-order valence-electron chi connectivity index (χ2n) is 6.00. The van der Waals surface area contributed by atoms with Crippen LogP contribution in [0.4, 0.5) is 0 Å². The lowest BCUT2D eigenvalue weighted by Crippen LogP contribution is -2.53. The molecule has 3 N–H and O–H groups in total. The minimum absolute atomic E-state index is 0.212. The van der Waals surface area contributed by atoms with Gasteiger partial charge in [-0.05, 0) is 38.5 Å². The molecule has 1 atom stereocenters. The van der Waals surface area contributed by atoms with Gasteiger partial charge >= 0.3 is 0 Å². The highest BCUT2D eigenvalue weighted by Crippen LogP contribution is 2.40. The number of nitrogens with one attached hydrogen (secondary N) is 1. The summed E-state index contributed by atoms with van der Waals surface area (Å²) in [6.07, 6.45) is 9.68. The molecule has 0 heterocycles. The fourth-order valence-electron chi connectivity index (χ4n) is 3.24. The molecule has 2 rings (SSSR count). The molecule has 0 aliphatic heterocycles. The normalized spacial score (nSPS) is 26.0. The Morgan fingerprint density at radius 1 is 1.29 bits per heavy atom. The zero-order valence-corrected chi connectivity index (χ0v) is 11.0. The molecule has 2 aliphatic rings. The summed E-state index contributed by atoms with van der Waals surface area (Å²) in [7, 11) is 0. The Balaban J connectivity index is 1.84. The van der Waals surface area contributed by atoms with Crippen molar-refractivity contribution >= 4 is 5.91 Å². The number of amides is 1. The van der Waals surface area contributed by atoms with Crippen LogP contribution in [0.15, 0.2) is 0 Å². The smallest absolute Gasteiger partial charge is 0.227 e. The highest BCUT2D eigenvalue weighted by atomic mass is 16.2. The third kappa shape index (κ3) is 2.65. The van der Waals surface area contributed by atoms with Crippen LogP contribution >= 0.6 is 0 Å². The fourth-order valence-corrected chi connectivity index (χ4v) is 3.24. The van der Waals surface area contributed by atoms with Crippen LogP contribution in [0.1, 0.15) is 58.3 Å². The predicted octanol–water partition coefficient (Wildman–Crippen LogP) is 2.20. The minimum Gasteiger partial charge on any atom is -0.353 e. The van der Waals surface area contributed by atoms with Crippen LogP contribution in [0.25, 0.3) is 0 Å². The standard InChI is InChI=1S/C14H26N2O/c1-11(12-6-3-2-4-7-12)16-13(17)14(10-15)8-5-9-14/h11-12H,2-10,15H2,1H3,(H,16,17)/t11-/m0/s1. The molecule has 2 saturated carbocycles. The Hall–Kier alpha value is -0.570. The minimum atomic E-state index is -0.219. The number of hydrogen-bond donors (Lipinski definition) is 2. The first-order valence-corrected chi connectivity index (χ1v) is 7.19. The Kier molecular flexibility index (Phi) is 4.08. The van der Waals surface area contributed by atoms with Gasteiger partial charge in [0.1, 0.15) is 0 Å². The number of hydrogen-bond acceptors (Lipinski definition) is 2. The first-order valence-electron chi connectivity index (χ1n) is 7.19. The van der Waals surface area contributed by atoms with Crippen LogP contribution in [0.5, 0.6) is 0 Å². The van der Waals surface area contributed by atoms with Crippen LogP contribution in [-0.2, 0) is 4.79 Å². The maximum Gasteiger partial charge on any atom is 0.227 e. The van der Waals surface area contributed by atoms with Crippen molar-refractivity contribution in [3.05, 3.63) is 0 Å². The van der Waals surface area contributed by atoms with E-state index < -0.39 is 0 Å². The third-order valence-corrected chi connectivity index (χ3v) is 4.90. The van der Waals surface area contributed by atoms with Crippen molar-refractivity contribution < 1.29 is 4.79 Å². The molecular weight excluding hydrogens is 212 g/mol. The molecule has 1 amide bonds. The van der Waals surface area contributed by atoms with Gasteiger partial charge in [0.15, 0.2) is 0 Å². The first kappa shape index (κ1) is 12.9. The van der Waals surface area contributed by atoms with Gasteiger partial charge in [-0.25, -0.2) is 0 Å². The van der Waals surface area contributed by atoms with Crippen molar-refractivity contribution in [1.29, 1.82) is 0 Å². The molecule has 0 aromatic heterocycles. The number of nitrogens with two attached hydrogens (primary N) is 1. The zero-order valence-electron chi connectivity index (χ0n) is 11.0. The molecule has 0 saturated heterocycles. The van der Waals surface area contributed by atoms with E-state index in [9.17, 15) is 4.79 Å². The fraction of sp³-hybridized carbons (Fsp3) is 0.929. The number of carbonyl (C=O) groups is 1. The van der Waals surface area contributed by atoms with Gasteiger partial charge in [-0.15, -0.1) is 0 Å². The van der Waals surface area contributed by atoms with Gasteiger partial charge in [0, 0.05) is 12.6 Å². The summed E-state index contributed by atoms with van der Waals surface area (Å²) >= 11 is 0. The zero-order chi connectivity index (χ0) is 12.3. The van der Waals surface area contributed by atoms with Crippen molar-refractivity contribution in [2.75, 3.05) is 6.54 Å². The van der Waals surface area contributed by atoms with Crippen LogP contribution in [-0.4, -0.2) is 18.5 Å². The van der Waals surface area contributed by atoms with E-state index in [1.807, 2.05) is 0 Å². The molecule has 0 unspecified atom stereocenters. The molecule has 0 aromatic carbocycles. The summed E-state index contributed by atoms with van der Waals surface area (Å²) in [5.74, 6) is 0.895. The average Bonchev–Trinajstić information content (AvgIpc) is 2.29. The van der Waals surface area contributed by atoms with E-state index in [1.165, 1.54) is 32.1 Å². The van der Waals surface area contributed by atoms with Gasteiger partial charge in [-0.3, -0.25) is 4.79 Å². The second-order valence-corrected chi connectivity index (χ2v) is 6.00. The van der Waals surface area contributed by atoms with Gasteiger partial charge in [0.25, 0.3) is 0 Å². The summed E-state index contributed by atoms with van der Waals surface area (Å²) in [5, 5.41) is 3.22. The lowest BCUT2D eigenvalue weighted by atomic mass is 9.68. The molecule has 2 aliphatic carbocycles. The molecular formula is C14H26N2O. The molecule has 2 fully saturated rings. The SMILES string of the molecule is C[C@H](NC(=O)C1(CN)CCC1)C1CCCCC1. The van der Waals surface area contributed by atoms with Gasteiger partial charge in [-0.2, -0.15) is 0 Å². The van der Waals surface area contributed by atoms with E-state index in [1.54, 1.807) is 0 Å². The number of carbonyl (C=O) groups excluding carboxylic acids is 1. The van der Waals surface area contributed by atoms with Gasteiger partial charge in [0.2, 0.25) is 5.91 Å². The summed E-state index contributed by atoms with van der Waals surface area (Å²) < 4.78 is 0.